The quantitative estimate of drug-likeness (QED) is 0.844. The van der Waals surface area contributed by atoms with Crippen molar-refractivity contribution < 1.29 is 18.0 Å². The van der Waals surface area contributed by atoms with E-state index in [9.17, 15) is 18.0 Å². The van der Waals surface area contributed by atoms with Gasteiger partial charge in [-0.1, -0.05) is 25.1 Å². The lowest BCUT2D eigenvalue weighted by atomic mass is 10.1. The molecule has 0 radical (unpaired) electrons. The molecule has 0 bridgehead atoms. The fraction of sp³-hybridized carbons (Fsp3) is 0.222. The highest BCUT2D eigenvalue weighted by molar-refractivity contribution is 7.94. The van der Waals surface area contributed by atoms with Crippen LogP contribution >= 0.6 is 0 Å². The van der Waals surface area contributed by atoms with Crippen molar-refractivity contribution in [3.05, 3.63) is 60.2 Å². The zero-order valence-corrected chi connectivity index (χ0v) is 14.7. The van der Waals surface area contributed by atoms with Crippen LogP contribution in [0, 0.1) is 5.92 Å². The number of amides is 2. The third-order valence-corrected chi connectivity index (χ3v) is 6.03. The van der Waals surface area contributed by atoms with Gasteiger partial charge < -0.3 is 4.90 Å². The van der Waals surface area contributed by atoms with Gasteiger partial charge >= 0.3 is 0 Å². The molecule has 1 saturated heterocycles. The topological polar surface area (TPSA) is 74.8 Å². The highest BCUT2D eigenvalue weighted by atomic mass is 32.2. The summed E-state index contributed by atoms with van der Waals surface area (Å²) < 4.78 is 25.1. The van der Waals surface area contributed by atoms with Gasteiger partial charge in [0.15, 0.2) is 0 Å². The normalized spacial score (nSPS) is 19.0. The van der Waals surface area contributed by atoms with E-state index in [0.29, 0.717) is 5.56 Å². The minimum atomic E-state index is -3.64. The van der Waals surface area contributed by atoms with Crippen LogP contribution in [0.25, 0.3) is 0 Å². The molecule has 6 nitrogen and oxygen atoms in total. The van der Waals surface area contributed by atoms with E-state index in [0.717, 1.165) is 9.99 Å². The Morgan fingerprint density at radius 1 is 1.08 bits per heavy atom. The maximum Gasteiger partial charge on any atom is 0.258 e. The van der Waals surface area contributed by atoms with E-state index in [1.165, 1.54) is 29.2 Å². The SMILES string of the molecule is C[C@@H]1CS(=O)(=O)N(c2ccc(C(=O)N(C)c3ccccc3)cc2)C1=O. The molecule has 3 rings (SSSR count). The molecule has 1 aliphatic heterocycles. The summed E-state index contributed by atoms with van der Waals surface area (Å²) in [5.41, 5.74) is 1.42. The lowest BCUT2D eigenvalue weighted by Gasteiger charge is -2.19. The number of para-hydroxylation sites is 1. The number of benzene rings is 2. The molecule has 7 heteroatoms. The molecule has 0 saturated carbocycles. The lowest BCUT2D eigenvalue weighted by Crippen LogP contribution is -2.30. The summed E-state index contributed by atoms with van der Waals surface area (Å²) >= 11 is 0. The molecule has 2 amide bonds. The van der Waals surface area contributed by atoms with Crippen LogP contribution in [-0.4, -0.2) is 33.0 Å². The molecule has 0 aliphatic carbocycles. The van der Waals surface area contributed by atoms with Crippen molar-refractivity contribution in [3.8, 4) is 0 Å². The number of hydrogen-bond acceptors (Lipinski definition) is 4. The molecule has 0 N–H and O–H groups in total. The number of rotatable bonds is 3. The van der Waals surface area contributed by atoms with Gasteiger partial charge in [-0.3, -0.25) is 9.59 Å². The molecule has 0 aromatic heterocycles. The van der Waals surface area contributed by atoms with E-state index >= 15 is 0 Å². The first-order chi connectivity index (χ1) is 11.8. The number of nitrogens with zero attached hydrogens (tertiary/aromatic N) is 2. The van der Waals surface area contributed by atoms with Crippen molar-refractivity contribution in [1.82, 2.24) is 0 Å². The molecule has 2 aromatic carbocycles. The third-order valence-electron chi connectivity index (χ3n) is 4.16. The van der Waals surface area contributed by atoms with Gasteiger partial charge in [0.25, 0.3) is 5.91 Å². The zero-order valence-electron chi connectivity index (χ0n) is 13.9. The van der Waals surface area contributed by atoms with E-state index in [4.69, 9.17) is 0 Å². The summed E-state index contributed by atoms with van der Waals surface area (Å²) in [7, 11) is -1.97. The van der Waals surface area contributed by atoms with Gasteiger partial charge in [0.2, 0.25) is 15.9 Å². The van der Waals surface area contributed by atoms with Gasteiger partial charge in [0.1, 0.15) is 0 Å². The smallest absolute Gasteiger partial charge is 0.258 e. The van der Waals surface area contributed by atoms with E-state index in [1.54, 1.807) is 14.0 Å². The number of sulfonamides is 1. The van der Waals surface area contributed by atoms with Crippen molar-refractivity contribution in [3.63, 3.8) is 0 Å². The van der Waals surface area contributed by atoms with Gasteiger partial charge in [-0.05, 0) is 36.4 Å². The third kappa shape index (κ3) is 3.15. The van der Waals surface area contributed by atoms with Crippen LogP contribution in [0.15, 0.2) is 54.6 Å². The Labute approximate surface area is 146 Å². The molecule has 130 valence electrons. The fourth-order valence-electron chi connectivity index (χ4n) is 2.79. The summed E-state index contributed by atoms with van der Waals surface area (Å²) in [5, 5.41) is 0. The van der Waals surface area contributed by atoms with Gasteiger partial charge in [-0.2, -0.15) is 0 Å². The van der Waals surface area contributed by atoms with Crippen molar-refractivity contribution in [2.45, 2.75) is 6.92 Å². The minimum absolute atomic E-state index is 0.191. The molecule has 1 fully saturated rings. The summed E-state index contributed by atoms with van der Waals surface area (Å²) in [6, 6.07) is 15.2. The van der Waals surface area contributed by atoms with Gasteiger partial charge in [0, 0.05) is 18.3 Å². The molecule has 1 heterocycles. The molecule has 1 atom stereocenters. The number of carbonyl (C=O) groups excluding carboxylic acids is 2. The summed E-state index contributed by atoms with van der Waals surface area (Å²) in [4.78, 5) is 26.2. The number of anilines is 2. The van der Waals surface area contributed by atoms with E-state index < -0.39 is 21.8 Å². The fourth-order valence-corrected chi connectivity index (χ4v) is 4.61. The van der Waals surface area contributed by atoms with Crippen LogP contribution in [0.1, 0.15) is 17.3 Å². The van der Waals surface area contributed by atoms with Crippen molar-refractivity contribution in [2.24, 2.45) is 5.92 Å². The first kappa shape index (κ1) is 17.2. The van der Waals surface area contributed by atoms with Crippen molar-refractivity contribution >= 4 is 33.2 Å². The van der Waals surface area contributed by atoms with Crippen LogP contribution in [-0.2, 0) is 14.8 Å². The monoisotopic (exact) mass is 358 g/mol. The first-order valence-corrected chi connectivity index (χ1v) is 9.42. The maximum absolute atomic E-state index is 12.5. The Hall–Kier alpha value is -2.67. The zero-order chi connectivity index (χ0) is 18.2. The Kier molecular flexibility index (Phi) is 4.34. The highest BCUT2D eigenvalue weighted by Crippen LogP contribution is 2.28. The molecule has 2 aromatic rings. The van der Waals surface area contributed by atoms with Crippen LogP contribution in [0.5, 0.6) is 0 Å². The van der Waals surface area contributed by atoms with Crippen LogP contribution in [0.2, 0.25) is 0 Å². The summed E-state index contributed by atoms with van der Waals surface area (Å²) in [6.45, 7) is 1.59. The Morgan fingerprint density at radius 3 is 2.20 bits per heavy atom. The standard InChI is InChI=1S/C18H18N2O4S/c1-13-12-25(23,24)20(17(13)21)16-10-8-14(9-11-16)18(22)19(2)15-6-4-3-5-7-15/h3-11,13H,12H2,1-2H3/t13-/m1/s1. The average molecular weight is 358 g/mol. The van der Waals surface area contributed by atoms with Crippen molar-refractivity contribution in [2.75, 3.05) is 22.0 Å². The molecule has 0 spiro atoms. The second-order valence-corrected chi connectivity index (χ2v) is 7.89. The van der Waals surface area contributed by atoms with Gasteiger partial charge in [-0.15, -0.1) is 0 Å². The predicted molar refractivity (Wildman–Crippen MR) is 96.1 cm³/mol. The van der Waals surface area contributed by atoms with E-state index in [1.807, 2.05) is 30.3 Å². The average Bonchev–Trinajstić information content (AvgIpc) is 2.82. The molecule has 25 heavy (non-hydrogen) atoms. The maximum atomic E-state index is 12.5. The summed E-state index contributed by atoms with van der Waals surface area (Å²) in [6.07, 6.45) is 0. The first-order valence-electron chi connectivity index (χ1n) is 7.81. The predicted octanol–water partition coefficient (Wildman–Crippen LogP) is 2.28. The largest absolute Gasteiger partial charge is 0.311 e. The Balaban J connectivity index is 1.86. The molecule has 0 unspecified atom stereocenters. The van der Waals surface area contributed by atoms with Crippen molar-refractivity contribution in [1.29, 1.82) is 0 Å². The number of carbonyl (C=O) groups is 2. The second-order valence-electron chi connectivity index (χ2n) is 6.03. The van der Waals surface area contributed by atoms with Gasteiger partial charge in [-0.25, -0.2) is 12.7 Å². The van der Waals surface area contributed by atoms with Crippen LogP contribution < -0.4 is 9.21 Å². The second kappa shape index (κ2) is 6.33. The molecular formula is C18H18N2O4S. The minimum Gasteiger partial charge on any atom is -0.311 e. The highest BCUT2D eigenvalue weighted by Gasteiger charge is 2.41. The van der Waals surface area contributed by atoms with Crippen LogP contribution in [0.4, 0.5) is 11.4 Å². The van der Waals surface area contributed by atoms with Crippen LogP contribution in [0.3, 0.4) is 0 Å². The Bertz CT molecular complexity index is 908. The van der Waals surface area contributed by atoms with E-state index in [2.05, 4.69) is 0 Å². The van der Waals surface area contributed by atoms with E-state index in [-0.39, 0.29) is 17.3 Å². The Morgan fingerprint density at radius 2 is 1.68 bits per heavy atom. The molecule has 1 aliphatic rings. The number of hydrogen-bond donors (Lipinski definition) is 0. The van der Waals surface area contributed by atoms with Gasteiger partial charge in [0.05, 0.1) is 17.4 Å². The lowest BCUT2D eigenvalue weighted by molar-refractivity contribution is -0.119. The summed E-state index contributed by atoms with van der Waals surface area (Å²) in [5.74, 6) is -1.42. The molecular weight excluding hydrogens is 340 g/mol.